The Morgan fingerprint density at radius 3 is 2.47 bits per heavy atom. The first-order chi connectivity index (χ1) is 7.91. The second-order valence-electron chi connectivity index (χ2n) is 4.75. The van der Waals surface area contributed by atoms with Gasteiger partial charge in [0.2, 0.25) is 0 Å². The zero-order valence-corrected chi connectivity index (χ0v) is 11.0. The van der Waals surface area contributed by atoms with Crippen molar-refractivity contribution in [2.45, 2.75) is 46.1 Å². The molecular formula is C14H21F2N. The van der Waals surface area contributed by atoms with Crippen LogP contribution in [0.25, 0.3) is 0 Å². The van der Waals surface area contributed by atoms with E-state index in [4.69, 9.17) is 0 Å². The minimum atomic E-state index is -2.42. The highest BCUT2D eigenvalue weighted by atomic mass is 19.3. The maximum atomic E-state index is 13.3. The van der Waals surface area contributed by atoms with E-state index in [0.29, 0.717) is 12.1 Å². The SMILES string of the molecule is CCCNC(C)(c1cc(C)ccc1C)C(F)F. The van der Waals surface area contributed by atoms with E-state index in [1.807, 2.05) is 39.0 Å². The molecule has 1 rings (SSSR count). The highest BCUT2D eigenvalue weighted by Crippen LogP contribution is 2.31. The molecular weight excluding hydrogens is 220 g/mol. The normalized spacial score (nSPS) is 15.0. The van der Waals surface area contributed by atoms with Crippen molar-refractivity contribution in [3.8, 4) is 0 Å². The van der Waals surface area contributed by atoms with Gasteiger partial charge in [-0.25, -0.2) is 8.78 Å². The van der Waals surface area contributed by atoms with Gasteiger partial charge in [-0.3, -0.25) is 0 Å². The Morgan fingerprint density at radius 1 is 1.29 bits per heavy atom. The van der Waals surface area contributed by atoms with Crippen molar-refractivity contribution in [2.24, 2.45) is 0 Å². The summed E-state index contributed by atoms with van der Waals surface area (Å²) in [5.41, 5.74) is 1.35. The largest absolute Gasteiger partial charge is 0.303 e. The van der Waals surface area contributed by atoms with Crippen LogP contribution in [0.1, 0.15) is 37.0 Å². The molecule has 0 amide bonds. The van der Waals surface area contributed by atoms with Gasteiger partial charge in [-0.2, -0.15) is 0 Å². The minimum absolute atomic E-state index is 0.591. The van der Waals surface area contributed by atoms with E-state index in [2.05, 4.69) is 5.32 Å². The fraction of sp³-hybridized carbons (Fsp3) is 0.571. The standard InChI is InChI=1S/C14H21F2N/c1-5-8-17-14(4,13(15)16)12-9-10(2)6-7-11(12)3/h6-7,9,13,17H,5,8H2,1-4H3. The number of alkyl halides is 2. The summed E-state index contributed by atoms with van der Waals surface area (Å²) in [5, 5.41) is 2.98. The predicted octanol–water partition coefficient (Wildman–Crippen LogP) is 3.78. The van der Waals surface area contributed by atoms with Crippen molar-refractivity contribution in [3.63, 3.8) is 0 Å². The third-order valence-electron chi connectivity index (χ3n) is 3.13. The second-order valence-corrected chi connectivity index (χ2v) is 4.75. The van der Waals surface area contributed by atoms with Crippen molar-refractivity contribution in [3.05, 3.63) is 34.9 Å². The van der Waals surface area contributed by atoms with Crippen LogP contribution in [0.5, 0.6) is 0 Å². The summed E-state index contributed by atoms with van der Waals surface area (Å²) in [7, 11) is 0. The molecule has 1 aromatic rings. The van der Waals surface area contributed by atoms with E-state index in [1.165, 1.54) is 0 Å². The van der Waals surface area contributed by atoms with Crippen LogP contribution in [0, 0.1) is 13.8 Å². The number of hydrogen-bond donors (Lipinski definition) is 1. The summed E-state index contributed by atoms with van der Waals surface area (Å²) in [6, 6.07) is 5.70. The van der Waals surface area contributed by atoms with Gasteiger partial charge in [-0.05, 0) is 44.9 Å². The topological polar surface area (TPSA) is 12.0 Å². The Labute approximate surface area is 102 Å². The lowest BCUT2D eigenvalue weighted by molar-refractivity contribution is 0.0381. The Hall–Kier alpha value is -0.960. The number of halogens is 2. The molecule has 1 atom stereocenters. The lowest BCUT2D eigenvalue weighted by Crippen LogP contribution is -2.46. The van der Waals surface area contributed by atoms with Gasteiger partial charge in [-0.1, -0.05) is 30.7 Å². The van der Waals surface area contributed by atoms with E-state index < -0.39 is 12.0 Å². The first kappa shape index (κ1) is 14.1. The minimum Gasteiger partial charge on any atom is -0.303 e. The summed E-state index contributed by atoms with van der Waals surface area (Å²) >= 11 is 0. The monoisotopic (exact) mass is 241 g/mol. The summed E-state index contributed by atoms with van der Waals surface area (Å²) in [4.78, 5) is 0. The molecule has 0 aliphatic carbocycles. The zero-order valence-electron chi connectivity index (χ0n) is 11.0. The van der Waals surface area contributed by atoms with Crippen LogP contribution in [0.4, 0.5) is 8.78 Å². The Bertz CT molecular complexity index is 376. The fourth-order valence-corrected chi connectivity index (χ4v) is 1.97. The average molecular weight is 241 g/mol. The van der Waals surface area contributed by atoms with E-state index in [0.717, 1.165) is 17.5 Å². The number of rotatable bonds is 5. The number of benzene rings is 1. The van der Waals surface area contributed by atoms with Crippen LogP contribution in [0.15, 0.2) is 18.2 Å². The number of nitrogens with one attached hydrogen (secondary N) is 1. The summed E-state index contributed by atoms with van der Waals surface area (Å²) in [5.74, 6) is 0. The molecule has 0 heterocycles. The third kappa shape index (κ3) is 3.03. The van der Waals surface area contributed by atoms with Crippen molar-refractivity contribution < 1.29 is 8.78 Å². The number of hydrogen-bond acceptors (Lipinski definition) is 1. The van der Waals surface area contributed by atoms with Gasteiger partial charge in [0.05, 0.1) is 0 Å². The summed E-state index contributed by atoms with van der Waals surface area (Å²) in [6.07, 6.45) is -1.58. The maximum absolute atomic E-state index is 13.3. The predicted molar refractivity (Wildman–Crippen MR) is 67.6 cm³/mol. The summed E-state index contributed by atoms with van der Waals surface area (Å²) < 4.78 is 26.7. The van der Waals surface area contributed by atoms with Gasteiger partial charge in [-0.15, -0.1) is 0 Å². The van der Waals surface area contributed by atoms with E-state index in [-0.39, 0.29) is 0 Å². The molecule has 0 radical (unpaired) electrons. The Morgan fingerprint density at radius 2 is 1.94 bits per heavy atom. The van der Waals surface area contributed by atoms with Crippen LogP contribution >= 0.6 is 0 Å². The van der Waals surface area contributed by atoms with E-state index in [1.54, 1.807) is 6.92 Å². The molecule has 0 bridgehead atoms. The van der Waals surface area contributed by atoms with Gasteiger partial charge in [0.1, 0.15) is 5.54 Å². The highest BCUT2D eigenvalue weighted by Gasteiger charge is 2.37. The quantitative estimate of drug-likeness (QED) is 0.827. The Balaban J connectivity index is 3.17. The van der Waals surface area contributed by atoms with Crippen molar-refractivity contribution in [1.29, 1.82) is 0 Å². The average Bonchev–Trinajstić information content (AvgIpc) is 2.29. The molecule has 1 nitrogen and oxygen atoms in total. The molecule has 1 aromatic carbocycles. The van der Waals surface area contributed by atoms with Crippen LogP contribution < -0.4 is 5.32 Å². The van der Waals surface area contributed by atoms with Gasteiger partial charge >= 0.3 is 0 Å². The van der Waals surface area contributed by atoms with E-state index >= 15 is 0 Å². The third-order valence-corrected chi connectivity index (χ3v) is 3.13. The molecule has 17 heavy (non-hydrogen) atoms. The van der Waals surface area contributed by atoms with E-state index in [9.17, 15) is 8.78 Å². The first-order valence-electron chi connectivity index (χ1n) is 6.02. The molecule has 3 heteroatoms. The molecule has 0 spiro atoms. The van der Waals surface area contributed by atoms with Crippen LogP contribution in [0.2, 0.25) is 0 Å². The molecule has 0 aliphatic heterocycles. The van der Waals surface area contributed by atoms with Gasteiger partial charge in [0.25, 0.3) is 6.43 Å². The molecule has 0 aromatic heterocycles. The first-order valence-corrected chi connectivity index (χ1v) is 6.02. The smallest absolute Gasteiger partial charge is 0.260 e. The zero-order chi connectivity index (χ0) is 13.1. The van der Waals surface area contributed by atoms with Crippen molar-refractivity contribution >= 4 is 0 Å². The maximum Gasteiger partial charge on any atom is 0.260 e. The van der Waals surface area contributed by atoms with Crippen LogP contribution in [-0.4, -0.2) is 13.0 Å². The van der Waals surface area contributed by atoms with Gasteiger partial charge in [0, 0.05) is 0 Å². The summed E-state index contributed by atoms with van der Waals surface area (Å²) in [6.45, 7) is 7.95. The van der Waals surface area contributed by atoms with Crippen LogP contribution in [0.3, 0.4) is 0 Å². The Kier molecular flexibility index (Phi) is 4.63. The fourth-order valence-electron chi connectivity index (χ4n) is 1.97. The molecule has 1 N–H and O–H groups in total. The highest BCUT2D eigenvalue weighted by molar-refractivity contribution is 5.36. The van der Waals surface area contributed by atoms with Crippen molar-refractivity contribution in [2.75, 3.05) is 6.54 Å². The molecule has 0 fully saturated rings. The molecule has 0 saturated heterocycles. The van der Waals surface area contributed by atoms with Crippen molar-refractivity contribution in [1.82, 2.24) is 5.32 Å². The lowest BCUT2D eigenvalue weighted by Gasteiger charge is -2.32. The van der Waals surface area contributed by atoms with Crippen LogP contribution in [-0.2, 0) is 5.54 Å². The van der Waals surface area contributed by atoms with Gasteiger partial charge < -0.3 is 5.32 Å². The molecule has 96 valence electrons. The second kappa shape index (κ2) is 5.58. The number of aryl methyl sites for hydroxylation is 2. The lowest BCUT2D eigenvalue weighted by atomic mass is 9.87. The molecule has 0 saturated carbocycles. The molecule has 0 aliphatic rings. The van der Waals surface area contributed by atoms with Gasteiger partial charge in [0.15, 0.2) is 0 Å². The molecule has 1 unspecified atom stereocenters.